The van der Waals surface area contributed by atoms with Crippen molar-refractivity contribution in [2.45, 2.75) is 52.5 Å². The summed E-state index contributed by atoms with van der Waals surface area (Å²) in [5.41, 5.74) is 0.509. The third-order valence-corrected chi connectivity index (χ3v) is 4.30. The van der Waals surface area contributed by atoms with E-state index in [9.17, 15) is 0 Å². The maximum atomic E-state index is 4.57. The fourth-order valence-electron chi connectivity index (χ4n) is 2.82. The Balaban J connectivity index is 2.11. The lowest BCUT2D eigenvalue weighted by molar-refractivity contribution is 0.222. The van der Waals surface area contributed by atoms with Gasteiger partial charge in [-0.3, -0.25) is 0 Å². The molecule has 1 aliphatic carbocycles. The minimum atomic E-state index is 0.509. The van der Waals surface area contributed by atoms with Crippen molar-refractivity contribution in [2.75, 3.05) is 24.3 Å². The Morgan fingerprint density at radius 3 is 2.47 bits per heavy atom. The molecule has 2 rings (SSSR count). The molecule has 1 fully saturated rings. The molecule has 19 heavy (non-hydrogen) atoms. The van der Waals surface area contributed by atoms with Crippen LogP contribution >= 0.6 is 0 Å². The number of rotatable bonds is 3. The molecule has 4 nitrogen and oxygen atoms in total. The summed E-state index contributed by atoms with van der Waals surface area (Å²) in [6, 6.07) is 2.64. The molecule has 1 heterocycles. The lowest BCUT2D eigenvalue weighted by atomic mass is 9.75. The van der Waals surface area contributed by atoms with Crippen LogP contribution in [0.2, 0.25) is 0 Å². The van der Waals surface area contributed by atoms with Gasteiger partial charge in [0.05, 0.1) is 0 Å². The molecule has 106 valence electrons. The van der Waals surface area contributed by atoms with E-state index < -0.39 is 0 Å². The van der Waals surface area contributed by atoms with Crippen molar-refractivity contribution in [3.05, 3.63) is 11.9 Å². The Labute approximate surface area is 116 Å². The van der Waals surface area contributed by atoms with E-state index in [0.717, 1.165) is 17.5 Å². The summed E-state index contributed by atoms with van der Waals surface area (Å²) >= 11 is 0. The standard InChI is InChI=1S/C15H26N4/c1-11-17-13(16-4)10-14(18-11)19(5)12-6-8-15(2,3)9-7-12/h10,12H,6-9H2,1-5H3,(H,16,17,18). The number of hydrogen-bond donors (Lipinski definition) is 1. The molecule has 0 saturated heterocycles. The summed E-state index contributed by atoms with van der Waals surface area (Å²) in [5, 5.41) is 3.10. The first kappa shape index (κ1) is 14.1. The van der Waals surface area contributed by atoms with Crippen molar-refractivity contribution in [3.63, 3.8) is 0 Å². The average Bonchev–Trinajstić information content (AvgIpc) is 2.37. The smallest absolute Gasteiger partial charge is 0.134 e. The fraction of sp³-hybridized carbons (Fsp3) is 0.733. The summed E-state index contributed by atoms with van der Waals surface area (Å²) in [5.74, 6) is 2.75. The molecule has 1 saturated carbocycles. The van der Waals surface area contributed by atoms with Gasteiger partial charge >= 0.3 is 0 Å². The molecular weight excluding hydrogens is 236 g/mol. The molecule has 1 aliphatic rings. The lowest BCUT2D eigenvalue weighted by Gasteiger charge is -2.39. The average molecular weight is 262 g/mol. The monoisotopic (exact) mass is 262 g/mol. The number of nitrogens with one attached hydrogen (secondary N) is 1. The van der Waals surface area contributed by atoms with E-state index in [4.69, 9.17) is 0 Å². The molecule has 0 atom stereocenters. The van der Waals surface area contributed by atoms with Gasteiger partial charge in [-0.1, -0.05) is 13.8 Å². The number of hydrogen-bond acceptors (Lipinski definition) is 4. The van der Waals surface area contributed by atoms with Gasteiger partial charge in [0.25, 0.3) is 0 Å². The zero-order valence-corrected chi connectivity index (χ0v) is 12.8. The minimum Gasteiger partial charge on any atom is -0.373 e. The topological polar surface area (TPSA) is 41.0 Å². The maximum Gasteiger partial charge on any atom is 0.134 e. The van der Waals surface area contributed by atoms with Crippen LogP contribution in [0.5, 0.6) is 0 Å². The largest absolute Gasteiger partial charge is 0.373 e. The molecule has 0 aliphatic heterocycles. The number of aryl methyl sites for hydroxylation is 1. The second-order valence-corrected chi connectivity index (χ2v) is 6.41. The molecule has 0 aromatic carbocycles. The van der Waals surface area contributed by atoms with Gasteiger partial charge in [-0.25, -0.2) is 9.97 Å². The van der Waals surface area contributed by atoms with Crippen molar-refractivity contribution >= 4 is 11.6 Å². The lowest BCUT2D eigenvalue weighted by Crippen LogP contribution is -2.37. The van der Waals surface area contributed by atoms with Gasteiger partial charge in [-0.2, -0.15) is 0 Å². The molecular formula is C15H26N4. The van der Waals surface area contributed by atoms with Crippen LogP contribution in [0.3, 0.4) is 0 Å². The Morgan fingerprint density at radius 1 is 1.26 bits per heavy atom. The molecule has 1 aromatic heterocycles. The number of anilines is 2. The van der Waals surface area contributed by atoms with Crippen LogP contribution < -0.4 is 10.2 Å². The van der Waals surface area contributed by atoms with Crippen LogP contribution in [0.15, 0.2) is 6.07 Å². The van der Waals surface area contributed by atoms with E-state index in [2.05, 4.69) is 41.1 Å². The highest BCUT2D eigenvalue weighted by atomic mass is 15.2. The Kier molecular flexibility index (Phi) is 3.97. The second-order valence-electron chi connectivity index (χ2n) is 6.41. The van der Waals surface area contributed by atoms with E-state index in [1.165, 1.54) is 25.7 Å². The molecule has 0 bridgehead atoms. The Hall–Kier alpha value is -1.32. The Morgan fingerprint density at radius 2 is 1.89 bits per heavy atom. The normalized spacial score (nSPS) is 19.2. The molecule has 1 aromatic rings. The maximum absolute atomic E-state index is 4.57. The molecule has 0 amide bonds. The summed E-state index contributed by atoms with van der Waals surface area (Å²) in [6.45, 7) is 6.69. The van der Waals surface area contributed by atoms with Gasteiger partial charge in [0.1, 0.15) is 17.5 Å². The van der Waals surface area contributed by atoms with Crippen LogP contribution in [-0.2, 0) is 0 Å². The fourth-order valence-corrected chi connectivity index (χ4v) is 2.82. The van der Waals surface area contributed by atoms with Crippen LogP contribution in [-0.4, -0.2) is 30.1 Å². The predicted octanol–water partition coefficient (Wildman–Crippen LogP) is 3.23. The highest BCUT2D eigenvalue weighted by Gasteiger charge is 2.29. The van der Waals surface area contributed by atoms with E-state index in [1.54, 1.807) is 0 Å². The predicted molar refractivity (Wildman–Crippen MR) is 80.8 cm³/mol. The highest BCUT2D eigenvalue weighted by Crippen LogP contribution is 2.37. The van der Waals surface area contributed by atoms with Gasteiger partial charge in [-0.05, 0) is 38.0 Å². The molecule has 0 radical (unpaired) electrons. The summed E-state index contributed by atoms with van der Waals surface area (Å²) < 4.78 is 0. The van der Waals surface area contributed by atoms with E-state index in [1.807, 2.05) is 20.0 Å². The molecule has 4 heteroatoms. The first-order chi connectivity index (χ1) is 8.91. The van der Waals surface area contributed by atoms with Crippen LogP contribution in [0.4, 0.5) is 11.6 Å². The van der Waals surface area contributed by atoms with Gasteiger partial charge in [0.15, 0.2) is 0 Å². The number of nitrogens with zero attached hydrogens (tertiary/aromatic N) is 3. The molecule has 0 spiro atoms. The minimum absolute atomic E-state index is 0.509. The van der Waals surface area contributed by atoms with Crippen molar-refractivity contribution in [1.82, 2.24) is 9.97 Å². The Bertz CT molecular complexity index is 432. The van der Waals surface area contributed by atoms with Gasteiger partial charge < -0.3 is 10.2 Å². The third-order valence-electron chi connectivity index (χ3n) is 4.30. The zero-order valence-electron chi connectivity index (χ0n) is 12.8. The van der Waals surface area contributed by atoms with Gasteiger partial charge in [0, 0.05) is 26.2 Å². The van der Waals surface area contributed by atoms with Crippen LogP contribution in [0, 0.1) is 12.3 Å². The van der Waals surface area contributed by atoms with E-state index in [0.29, 0.717) is 11.5 Å². The quantitative estimate of drug-likeness (QED) is 0.908. The third kappa shape index (κ3) is 3.37. The second kappa shape index (κ2) is 5.35. The van der Waals surface area contributed by atoms with Gasteiger partial charge in [-0.15, -0.1) is 0 Å². The first-order valence-corrected chi connectivity index (χ1v) is 7.17. The van der Waals surface area contributed by atoms with Crippen molar-refractivity contribution in [1.29, 1.82) is 0 Å². The van der Waals surface area contributed by atoms with Crippen LogP contribution in [0.25, 0.3) is 0 Å². The van der Waals surface area contributed by atoms with E-state index >= 15 is 0 Å². The summed E-state index contributed by atoms with van der Waals surface area (Å²) in [4.78, 5) is 11.2. The highest BCUT2D eigenvalue weighted by molar-refractivity contribution is 5.49. The zero-order chi connectivity index (χ0) is 14.0. The first-order valence-electron chi connectivity index (χ1n) is 7.17. The summed E-state index contributed by atoms with van der Waals surface area (Å²) in [7, 11) is 4.05. The van der Waals surface area contributed by atoms with Crippen LogP contribution in [0.1, 0.15) is 45.4 Å². The summed E-state index contributed by atoms with van der Waals surface area (Å²) in [6.07, 6.45) is 5.10. The van der Waals surface area contributed by atoms with Crippen molar-refractivity contribution < 1.29 is 0 Å². The molecule has 0 unspecified atom stereocenters. The number of aromatic nitrogens is 2. The van der Waals surface area contributed by atoms with Crippen molar-refractivity contribution in [3.8, 4) is 0 Å². The SMILES string of the molecule is CNc1cc(N(C)C2CCC(C)(C)CC2)nc(C)n1. The van der Waals surface area contributed by atoms with Gasteiger partial charge in [0.2, 0.25) is 0 Å². The molecule has 1 N–H and O–H groups in total. The van der Waals surface area contributed by atoms with Crippen molar-refractivity contribution in [2.24, 2.45) is 5.41 Å². The van der Waals surface area contributed by atoms with E-state index in [-0.39, 0.29) is 0 Å².